The van der Waals surface area contributed by atoms with Crippen LogP contribution in [-0.4, -0.2) is 21.3 Å². The standard InChI is InChI=1S/C22H20O4/c23-18-9-5-16(6-10-18)22(17-7-11-19(24)12-8-17)20(13-14-21(25)26)15-3-1-2-4-15/h1-3,5-12,23-24H,4,13-14H2,(H,25,26). The predicted octanol–water partition coefficient (Wildman–Crippen LogP) is 4.65. The van der Waals surface area contributed by atoms with Crippen LogP contribution in [0.2, 0.25) is 0 Å². The SMILES string of the molecule is O=C(O)CCC(C1=CC=CC1)=C(c1ccc(O)cc1)c1ccc(O)cc1. The molecule has 0 fully saturated rings. The number of phenolic OH excluding ortho intramolecular Hbond substituents is 2. The molecular formula is C22H20O4. The molecule has 0 heterocycles. The minimum Gasteiger partial charge on any atom is -0.508 e. The monoisotopic (exact) mass is 348 g/mol. The molecule has 2 aromatic carbocycles. The van der Waals surface area contributed by atoms with Gasteiger partial charge >= 0.3 is 5.97 Å². The molecule has 26 heavy (non-hydrogen) atoms. The normalized spacial score (nSPS) is 12.7. The van der Waals surface area contributed by atoms with Crippen molar-refractivity contribution in [2.24, 2.45) is 0 Å². The topological polar surface area (TPSA) is 77.8 Å². The van der Waals surface area contributed by atoms with E-state index in [9.17, 15) is 20.1 Å². The number of carbonyl (C=O) groups is 1. The second kappa shape index (κ2) is 7.74. The number of carboxylic acid groups (broad SMARTS) is 1. The van der Waals surface area contributed by atoms with Crippen LogP contribution < -0.4 is 0 Å². The van der Waals surface area contributed by atoms with Gasteiger partial charge in [0.25, 0.3) is 0 Å². The summed E-state index contributed by atoms with van der Waals surface area (Å²) in [5, 5.41) is 28.4. The van der Waals surface area contributed by atoms with Crippen LogP contribution in [-0.2, 0) is 4.79 Å². The highest BCUT2D eigenvalue weighted by Crippen LogP contribution is 2.36. The summed E-state index contributed by atoms with van der Waals surface area (Å²) >= 11 is 0. The molecule has 1 aliphatic carbocycles. The fraction of sp³-hybridized carbons (Fsp3) is 0.136. The molecule has 0 unspecified atom stereocenters. The second-order valence-corrected chi connectivity index (χ2v) is 6.17. The first-order chi connectivity index (χ1) is 12.5. The van der Waals surface area contributed by atoms with E-state index in [0.717, 1.165) is 34.3 Å². The van der Waals surface area contributed by atoms with E-state index < -0.39 is 5.97 Å². The van der Waals surface area contributed by atoms with Crippen LogP contribution in [0.4, 0.5) is 0 Å². The van der Waals surface area contributed by atoms with Gasteiger partial charge in [-0.1, -0.05) is 42.5 Å². The Kier molecular flexibility index (Phi) is 5.23. The third-order valence-electron chi connectivity index (χ3n) is 4.36. The number of hydrogen-bond acceptors (Lipinski definition) is 3. The summed E-state index contributed by atoms with van der Waals surface area (Å²) < 4.78 is 0. The lowest BCUT2D eigenvalue weighted by atomic mass is 9.86. The lowest BCUT2D eigenvalue weighted by molar-refractivity contribution is -0.136. The largest absolute Gasteiger partial charge is 0.508 e. The van der Waals surface area contributed by atoms with E-state index in [1.165, 1.54) is 0 Å². The van der Waals surface area contributed by atoms with Crippen LogP contribution >= 0.6 is 0 Å². The van der Waals surface area contributed by atoms with Gasteiger partial charge in [-0.25, -0.2) is 0 Å². The molecule has 0 saturated heterocycles. The first-order valence-corrected chi connectivity index (χ1v) is 8.44. The molecule has 0 amide bonds. The van der Waals surface area contributed by atoms with Crippen molar-refractivity contribution in [3.63, 3.8) is 0 Å². The Morgan fingerprint density at radius 2 is 1.38 bits per heavy atom. The molecule has 0 aromatic heterocycles. The van der Waals surface area contributed by atoms with E-state index in [-0.39, 0.29) is 17.9 Å². The third kappa shape index (κ3) is 4.03. The maximum Gasteiger partial charge on any atom is 0.303 e. The van der Waals surface area contributed by atoms with E-state index in [4.69, 9.17) is 0 Å². The third-order valence-corrected chi connectivity index (χ3v) is 4.36. The summed E-state index contributed by atoms with van der Waals surface area (Å²) in [5.74, 6) is -0.495. The van der Waals surface area contributed by atoms with Gasteiger partial charge < -0.3 is 15.3 Å². The molecule has 132 valence electrons. The van der Waals surface area contributed by atoms with Crippen molar-refractivity contribution in [1.29, 1.82) is 0 Å². The molecule has 0 bridgehead atoms. The molecule has 4 nitrogen and oxygen atoms in total. The lowest BCUT2D eigenvalue weighted by Crippen LogP contribution is -2.02. The zero-order valence-corrected chi connectivity index (χ0v) is 14.2. The first-order valence-electron chi connectivity index (χ1n) is 8.44. The molecule has 0 aliphatic heterocycles. The summed E-state index contributed by atoms with van der Waals surface area (Å²) in [5.41, 5.74) is 4.75. The van der Waals surface area contributed by atoms with E-state index in [1.54, 1.807) is 24.3 Å². The van der Waals surface area contributed by atoms with Crippen LogP contribution in [0.5, 0.6) is 11.5 Å². The average Bonchev–Trinajstić information content (AvgIpc) is 3.15. The Balaban J connectivity index is 2.19. The minimum absolute atomic E-state index is 0.0341. The van der Waals surface area contributed by atoms with E-state index in [0.29, 0.717) is 6.42 Å². The summed E-state index contributed by atoms with van der Waals surface area (Å²) in [4.78, 5) is 11.2. The number of phenols is 2. The van der Waals surface area contributed by atoms with Gasteiger partial charge in [0.1, 0.15) is 11.5 Å². The maximum atomic E-state index is 11.2. The number of allylic oxidation sites excluding steroid dienone is 5. The van der Waals surface area contributed by atoms with Crippen LogP contribution in [0.3, 0.4) is 0 Å². The quantitative estimate of drug-likeness (QED) is 0.710. The zero-order valence-electron chi connectivity index (χ0n) is 14.2. The van der Waals surface area contributed by atoms with Gasteiger partial charge in [-0.05, 0) is 65.0 Å². The van der Waals surface area contributed by atoms with Crippen molar-refractivity contribution in [2.75, 3.05) is 0 Å². The van der Waals surface area contributed by atoms with Gasteiger partial charge in [-0.2, -0.15) is 0 Å². The smallest absolute Gasteiger partial charge is 0.303 e. The molecule has 4 heteroatoms. The second-order valence-electron chi connectivity index (χ2n) is 6.17. The molecule has 3 N–H and O–H groups in total. The predicted molar refractivity (Wildman–Crippen MR) is 101 cm³/mol. The number of aromatic hydroxyl groups is 2. The number of benzene rings is 2. The fourth-order valence-corrected chi connectivity index (χ4v) is 3.12. The molecule has 0 spiro atoms. The Hall–Kier alpha value is -3.27. The van der Waals surface area contributed by atoms with Crippen LogP contribution in [0, 0.1) is 0 Å². The van der Waals surface area contributed by atoms with E-state index in [1.807, 2.05) is 42.5 Å². The van der Waals surface area contributed by atoms with Gasteiger partial charge in [0, 0.05) is 6.42 Å². The summed E-state index contributed by atoms with van der Waals surface area (Å²) in [7, 11) is 0. The molecule has 1 aliphatic rings. The number of rotatable bonds is 6. The van der Waals surface area contributed by atoms with Gasteiger partial charge in [-0.15, -0.1) is 0 Å². The van der Waals surface area contributed by atoms with Crippen LogP contribution in [0.25, 0.3) is 5.57 Å². The molecule has 3 rings (SSSR count). The van der Waals surface area contributed by atoms with Crippen molar-refractivity contribution in [1.82, 2.24) is 0 Å². The first kappa shape index (κ1) is 17.5. The van der Waals surface area contributed by atoms with Crippen molar-refractivity contribution >= 4 is 11.5 Å². The fourth-order valence-electron chi connectivity index (χ4n) is 3.12. The molecule has 0 atom stereocenters. The Labute approximate surface area is 152 Å². The highest BCUT2D eigenvalue weighted by molar-refractivity contribution is 5.85. The van der Waals surface area contributed by atoms with Crippen molar-refractivity contribution in [3.8, 4) is 11.5 Å². The summed E-state index contributed by atoms with van der Waals surface area (Å²) in [6.45, 7) is 0. The Morgan fingerprint density at radius 3 is 1.81 bits per heavy atom. The van der Waals surface area contributed by atoms with Crippen LogP contribution in [0.15, 0.2) is 77.9 Å². The summed E-state index contributed by atoms with van der Waals surface area (Å²) in [6.07, 6.45) is 7.22. The Bertz CT molecular complexity index is 837. The van der Waals surface area contributed by atoms with Gasteiger partial charge in [-0.3, -0.25) is 4.79 Å². The highest BCUT2D eigenvalue weighted by atomic mass is 16.4. The molecule has 0 saturated carbocycles. The van der Waals surface area contributed by atoms with Gasteiger partial charge in [0.15, 0.2) is 0 Å². The average molecular weight is 348 g/mol. The van der Waals surface area contributed by atoms with Gasteiger partial charge in [0.2, 0.25) is 0 Å². The molecular weight excluding hydrogens is 328 g/mol. The minimum atomic E-state index is -0.843. The van der Waals surface area contributed by atoms with Crippen molar-refractivity contribution < 1.29 is 20.1 Å². The molecule has 2 aromatic rings. The maximum absolute atomic E-state index is 11.2. The van der Waals surface area contributed by atoms with E-state index in [2.05, 4.69) is 0 Å². The summed E-state index contributed by atoms with van der Waals surface area (Å²) in [6, 6.07) is 13.8. The van der Waals surface area contributed by atoms with Crippen molar-refractivity contribution in [2.45, 2.75) is 19.3 Å². The van der Waals surface area contributed by atoms with E-state index >= 15 is 0 Å². The number of carboxylic acids is 1. The number of aliphatic carboxylic acids is 1. The zero-order chi connectivity index (χ0) is 18.5. The van der Waals surface area contributed by atoms with Crippen LogP contribution in [0.1, 0.15) is 30.4 Å². The van der Waals surface area contributed by atoms with Gasteiger partial charge in [0.05, 0.1) is 0 Å². The highest BCUT2D eigenvalue weighted by Gasteiger charge is 2.17. The Morgan fingerprint density at radius 1 is 0.846 bits per heavy atom. The lowest BCUT2D eigenvalue weighted by Gasteiger charge is -2.18. The van der Waals surface area contributed by atoms with Crippen molar-refractivity contribution in [3.05, 3.63) is 89.0 Å². The number of hydrogen-bond donors (Lipinski definition) is 3. The molecule has 0 radical (unpaired) electrons.